The Bertz CT molecular complexity index is 335. The van der Waals surface area contributed by atoms with E-state index in [4.69, 9.17) is 5.73 Å². The summed E-state index contributed by atoms with van der Waals surface area (Å²) in [7, 11) is 0. The average molecular weight is 218 g/mol. The van der Waals surface area contributed by atoms with Crippen LogP contribution in [0.4, 0.5) is 0 Å². The van der Waals surface area contributed by atoms with E-state index in [1.54, 1.807) is 0 Å². The predicted octanol–water partition coefficient (Wildman–Crippen LogP) is 2.34. The van der Waals surface area contributed by atoms with Crippen molar-refractivity contribution in [3.63, 3.8) is 0 Å². The van der Waals surface area contributed by atoms with Crippen molar-refractivity contribution in [3.8, 4) is 0 Å². The average Bonchev–Trinajstić information content (AvgIpc) is 2.35. The molecule has 1 aromatic rings. The molecular weight excluding hydrogens is 196 g/mol. The molecule has 0 aromatic heterocycles. The number of nitrogens with zero attached hydrogens (tertiary/aromatic N) is 1. The molecule has 0 radical (unpaired) electrons. The maximum absolute atomic E-state index is 5.94. The van der Waals surface area contributed by atoms with E-state index in [1.807, 2.05) is 0 Å². The number of rotatable bonds is 4. The molecule has 0 saturated heterocycles. The number of fused-ring (bicyclic) bond motifs is 1. The highest BCUT2D eigenvalue weighted by molar-refractivity contribution is 5.32. The molecule has 1 aromatic carbocycles. The van der Waals surface area contributed by atoms with Crippen LogP contribution in [0.15, 0.2) is 24.3 Å². The fourth-order valence-corrected chi connectivity index (χ4v) is 2.61. The van der Waals surface area contributed by atoms with Crippen molar-refractivity contribution in [2.45, 2.75) is 32.2 Å². The number of hydrogen-bond donors (Lipinski definition) is 1. The van der Waals surface area contributed by atoms with Crippen molar-refractivity contribution in [2.24, 2.45) is 5.73 Å². The van der Waals surface area contributed by atoms with Crippen LogP contribution in [-0.4, -0.2) is 24.5 Å². The first-order valence-electron chi connectivity index (χ1n) is 6.38. The molecule has 1 unspecified atom stereocenters. The summed E-state index contributed by atoms with van der Waals surface area (Å²) >= 11 is 0. The second-order valence-corrected chi connectivity index (χ2v) is 4.59. The Morgan fingerprint density at radius 1 is 1.38 bits per heavy atom. The largest absolute Gasteiger partial charge is 0.329 e. The fraction of sp³-hybridized carbons (Fsp3) is 0.571. The van der Waals surface area contributed by atoms with E-state index in [1.165, 1.54) is 43.5 Å². The van der Waals surface area contributed by atoms with Gasteiger partial charge in [-0.15, -0.1) is 0 Å². The smallest absolute Gasteiger partial charge is 0.0473 e. The molecule has 16 heavy (non-hydrogen) atoms. The zero-order valence-corrected chi connectivity index (χ0v) is 10.2. The zero-order valence-electron chi connectivity index (χ0n) is 10.2. The number of benzene rings is 1. The van der Waals surface area contributed by atoms with Gasteiger partial charge in [0.15, 0.2) is 0 Å². The molecule has 0 bridgehead atoms. The van der Waals surface area contributed by atoms with Crippen LogP contribution in [0.25, 0.3) is 0 Å². The van der Waals surface area contributed by atoms with Gasteiger partial charge in [-0.05, 0) is 30.5 Å². The second-order valence-electron chi connectivity index (χ2n) is 4.59. The summed E-state index contributed by atoms with van der Waals surface area (Å²) in [6, 6.07) is 9.19. The van der Waals surface area contributed by atoms with Gasteiger partial charge in [0.1, 0.15) is 0 Å². The Balaban J connectivity index is 2.16. The summed E-state index contributed by atoms with van der Waals surface area (Å²) in [6.07, 6.45) is 3.71. The van der Waals surface area contributed by atoms with E-state index in [0.29, 0.717) is 6.04 Å². The van der Waals surface area contributed by atoms with E-state index in [2.05, 4.69) is 36.1 Å². The minimum Gasteiger partial charge on any atom is -0.329 e. The quantitative estimate of drug-likeness (QED) is 0.840. The van der Waals surface area contributed by atoms with Crippen LogP contribution in [0, 0.1) is 0 Å². The first kappa shape index (κ1) is 11.6. The van der Waals surface area contributed by atoms with Crippen LogP contribution >= 0.6 is 0 Å². The van der Waals surface area contributed by atoms with Crippen LogP contribution in [0.1, 0.15) is 36.9 Å². The normalized spacial score (nSPS) is 20.8. The highest BCUT2D eigenvalue weighted by Gasteiger charge is 2.24. The minimum atomic E-state index is 0.441. The Kier molecular flexibility index (Phi) is 3.97. The first-order chi connectivity index (χ1) is 7.86. The molecule has 0 saturated carbocycles. The maximum atomic E-state index is 5.94. The summed E-state index contributed by atoms with van der Waals surface area (Å²) in [5.41, 5.74) is 8.88. The van der Waals surface area contributed by atoms with Gasteiger partial charge in [0.2, 0.25) is 0 Å². The van der Waals surface area contributed by atoms with E-state index in [0.717, 1.165) is 6.54 Å². The van der Waals surface area contributed by atoms with Gasteiger partial charge in [0, 0.05) is 19.1 Å². The molecule has 0 fully saturated rings. The van der Waals surface area contributed by atoms with Crippen LogP contribution in [0.3, 0.4) is 0 Å². The molecule has 1 heterocycles. The molecule has 1 aliphatic heterocycles. The Hall–Kier alpha value is -0.860. The van der Waals surface area contributed by atoms with Crippen molar-refractivity contribution >= 4 is 0 Å². The molecule has 0 spiro atoms. The topological polar surface area (TPSA) is 29.3 Å². The van der Waals surface area contributed by atoms with E-state index in [-0.39, 0.29) is 0 Å². The van der Waals surface area contributed by atoms with E-state index < -0.39 is 0 Å². The molecule has 1 aliphatic rings. The first-order valence-corrected chi connectivity index (χ1v) is 6.38. The van der Waals surface area contributed by atoms with Gasteiger partial charge in [-0.25, -0.2) is 0 Å². The number of nitrogens with two attached hydrogens (primary N) is 1. The van der Waals surface area contributed by atoms with Gasteiger partial charge in [-0.3, -0.25) is 4.90 Å². The van der Waals surface area contributed by atoms with Crippen molar-refractivity contribution in [2.75, 3.05) is 19.6 Å². The van der Waals surface area contributed by atoms with Crippen molar-refractivity contribution in [3.05, 3.63) is 35.4 Å². The number of hydrogen-bond acceptors (Lipinski definition) is 2. The third-order valence-electron chi connectivity index (χ3n) is 3.55. The Morgan fingerprint density at radius 2 is 2.19 bits per heavy atom. The lowest BCUT2D eigenvalue weighted by Crippen LogP contribution is -2.39. The fourth-order valence-electron chi connectivity index (χ4n) is 2.61. The summed E-state index contributed by atoms with van der Waals surface area (Å²) in [5, 5.41) is 0. The SMILES string of the molecule is CCCCN1CCc2ccccc2C1CN. The van der Waals surface area contributed by atoms with Gasteiger partial charge in [0.05, 0.1) is 0 Å². The summed E-state index contributed by atoms with van der Waals surface area (Å²) in [4.78, 5) is 2.55. The molecule has 2 nitrogen and oxygen atoms in total. The van der Waals surface area contributed by atoms with Crippen LogP contribution in [-0.2, 0) is 6.42 Å². The van der Waals surface area contributed by atoms with Crippen molar-refractivity contribution < 1.29 is 0 Å². The molecule has 2 rings (SSSR count). The molecule has 0 aliphatic carbocycles. The summed E-state index contributed by atoms with van der Waals surface area (Å²) in [6.45, 7) is 5.33. The molecule has 2 N–H and O–H groups in total. The van der Waals surface area contributed by atoms with Gasteiger partial charge in [-0.2, -0.15) is 0 Å². The molecule has 2 heteroatoms. The summed E-state index contributed by atoms with van der Waals surface area (Å²) < 4.78 is 0. The highest BCUT2D eigenvalue weighted by atomic mass is 15.2. The van der Waals surface area contributed by atoms with E-state index >= 15 is 0 Å². The Labute approximate surface area is 98.4 Å². The van der Waals surface area contributed by atoms with Gasteiger partial charge < -0.3 is 5.73 Å². The van der Waals surface area contributed by atoms with Crippen LogP contribution in [0.2, 0.25) is 0 Å². The Morgan fingerprint density at radius 3 is 2.94 bits per heavy atom. The molecule has 0 amide bonds. The van der Waals surface area contributed by atoms with Gasteiger partial charge >= 0.3 is 0 Å². The van der Waals surface area contributed by atoms with Crippen molar-refractivity contribution in [1.29, 1.82) is 0 Å². The van der Waals surface area contributed by atoms with Crippen LogP contribution in [0.5, 0.6) is 0 Å². The highest BCUT2D eigenvalue weighted by Crippen LogP contribution is 2.28. The van der Waals surface area contributed by atoms with Gasteiger partial charge in [-0.1, -0.05) is 37.6 Å². The van der Waals surface area contributed by atoms with Crippen LogP contribution < -0.4 is 5.73 Å². The minimum absolute atomic E-state index is 0.441. The zero-order chi connectivity index (χ0) is 11.4. The standard InChI is InChI=1S/C14H22N2/c1-2-3-9-16-10-8-12-6-4-5-7-13(12)14(16)11-15/h4-7,14H,2-3,8-11,15H2,1H3. The second kappa shape index (κ2) is 5.46. The monoisotopic (exact) mass is 218 g/mol. The van der Waals surface area contributed by atoms with Gasteiger partial charge in [0.25, 0.3) is 0 Å². The molecule has 1 atom stereocenters. The molecular formula is C14H22N2. The lowest BCUT2D eigenvalue weighted by atomic mass is 9.92. The lowest BCUT2D eigenvalue weighted by molar-refractivity contribution is 0.187. The third kappa shape index (κ3) is 2.28. The van der Waals surface area contributed by atoms with Crippen molar-refractivity contribution in [1.82, 2.24) is 4.90 Å². The molecule has 88 valence electrons. The lowest BCUT2D eigenvalue weighted by Gasteiger charge is -2.36. The maximum Gasteiger partial charge on any atom is 0.0473 e. The summed E-state index contributed by atoms with van der Waals surface area (Å²) in [5.74, 6) is 0. The number of unbranched alkanes of at least 4 members (excludes halogenated alkanes) is 1. The predicted molar refractivity (Wildman–Crippen MR) is 68.4 cm³/mol. The van der Waals surface area contributed by atoms with E-state index in [9.17, 15) is 0 Å². The third-order valence-corrected chi connectivity index (χ3v) is 3.55.